The van der Waals surface area contributed by atoms with Crippen LogP contribution in [-0.4, -0.2) is 40.0 Å². The number of hydrogen-bond donors (Lipinski definition) is 1. The van der Waals surface area contributed by atoms with Gasteiger partial charge in [-0.25, -0.2) is 4.98 Å². The molecule has 2 rings (SSSR count). The molecule has 0 aliphatic carbocycles. The van der Waals surface area contributed by atoms with Crippen LogP contribution < -0.4 is 5.73 Å². The van der Waals surface area contributed by atoms with Crippen molar-refractivity contribution in [3.8, 4) is 0 Å². The van der Waals surface area contributed by atoms with E-state index in [1.165, 1.54) is 0 Å². The summed E-state index contributed by atoms with van der Waals surface area (Å²) in [6.45, 7) is 3.10. The highest BCUT2D eigenvalue weighted by atomic mass is 16.2. The molecule has 0 radical (unpaired) electrons. The summed E-state index contributed by atoms with van der Waals surface area (Å²) in [7, 11) is 0. The highest BCUT2D eigenvalue weighted by Gasteiger charge is 2.24. The summed E-state index contributed by atoms with van der Waals surface area (Å²) in [5.41, 5.74) is 5.60. The summed E-state index contributed by atoms with van der Waals surface area (Å²) in [5, 5.41) is 0. The van der Waals surface area contributed by atoms with Crippen LogP contribution in [0.5, 0.6) is 0 Å². The maximum Gasteiger partial charge on any atom is 0.224 e. The quantitative estimate of drug-likeness (QED) is 0.784. The molecule has 1 atom stereocenters. The molecule has 1 amide bonds. The van der Waals surface area contributed by atoms with Crippen LogP contribution in [0, 0.1) is 5.92 Å². The summed E-state index contributed by atoms with van der Waals surface area (Å²) in [4.78, 5) is 17.7. The lowest BCUT2D eigenvalue weighted by Crippen LogP contribution is -2.30. The molecule has 1 aromatic rings. The molecule has 2 heterocycles. The molecule has 0 bridgehead atoms. The van der Waals surface area contributed by atoms with Crippen molar-refractivity contribution < 1.29 is 4.79 Å². The second-order valence-electron chi connectivity index (χ2n) is 4.28. The van der Waals surface area contributed by atoms with Crippen molar-refractivity contribution >= 4 is 5.91 Å². The number of aryl methyl sites for hydroxylation is 1. The lowest BCUT2D eigenvalue weighted by atomic mass is 10.1. The third kappa shape index (κ3) is 2.61. The lowest BCUT2D eigenvalue weighted by Gasteiger charge is -2.16. The van der Waals surface area contributed by atoms with Crippen molar-refractivity contribution in [2.75, 3.05) is 19.6 Å². The first kappa shape index (κ1) is 11.1. The van der Waals surface area contributed by atoms with Crippen LogP contribution in [0.1, 0.15) is 12.8 Å². The van der Waals surface area contributed by atoms with Crippen molar-refractivity contribution in [3.63, 3.8) is 0 Å². The van der Waals surface area contributed by atoms with Crippen LogP contribution in [0.2, 0.25) is 0 Å². The van der Waals surface area contributed by atoms with Gasteiger partial charge in [-0.15, -0.1) is 0 Å². The van der Waals surface area contributed by atoms with Gasteiger partial charge in [0.15, 0.2) is 0 Å². The molecule has 5 heteroatoms. The molecule has 2 N–H and O–H groups in total. The molecule has 0 aromatic carbocycles. The fraction of sp³-hybridized carbons (Fsp3) is 0.636. The first-order chi connectivity index (χ1) is 7.79. The van der Waals surface area contributed by atoms with Gasteiger partial charge >= 0.3 is 0 Å². The van der Waals surface area contributed by atoms with E-state index in [9.17, 15) is 4.79 Å². The number of aromatic nitrogens is 2. The van der Waals surface area contributed by atoms with E-state index in [2.05, 4.69) is 4.98 Å². The molecule has 1 unspecified atom stereocenters. The van der Waals surface area contributed by atoms with E-state index in [0.29, 0.717) is 25.4 Å². The Labute approximate surface area is 95.2 Å². The van der Waals surface area contributed by atoms with E-state index in [0.717, 1.165) is 19.5 Å². The highest BCUT2D eigenvalue weighted by molar-refractivity contribution is 5.76. The van der Waals surface area contributed by atoms with E-state index >= 15 is 0 Å². The van der Waals surface area contributed by atoms with E-state index < -0.39 is 0 Å². The maximum absolute atomic E-state index is 11.9. The molecule has 0 spiro atoms. The van der Waals surface area contributed by atoms with Crippen molar-refractivity contribution in [2.24, 2.45) is 11.7 Å². The smallest absolute Gasteiger partial charge is 0.224 e. The minimum Gasteiger partial charge on any atom is -0.342 e. The monoisotopic (exact) mass is 222 g/mol. The lowest BCUT2D eigenvalue weighted by molar-refractivity contribution is -0.130. The van der Waals surface area contributed by atoms with E-state index in [1.54, 1.807) is 12.5 Å². The summed E-state index contributed by atoms with van der Waals surface area (Å²) < 4.78 is 1.92. The van der Waals surface area contributed by atoms with Gasteiger partial charge in [0.25, 0.3) is 0 Å². The molecule has 16 heavy (non-hydrogen) atoms. The van der Waals surface area contributed by atoms with Crippen LogP contribution in [0.4, 0.5) is 0 Å². The number of likely N-dealkylation sites (tertiary alicyclic amines) is 1. The van der Waals surface area contributed by atoms with Crippen LogP contribution >= 0.6 is 0 Å². The van der Waals surface area contributed by atoms with E-state index in [4.69, 9.17) is 5.73 Å². The van der Waals surface area contributed by atoms with Gasteiger partial charge in [-0.2, -0.15) is 0 Å². The zero-order valence-corrected chi connectivity index (χ0v) is 9.38. The topological polar surface area (TPSA) is 64.2 Å². The average molecular weight is 222 g/mol. The molecule has 5 nitrogen and oxygen atoms in total. The minimum absolute atomic E-state index is 0.227. The standard InChI is InChI=1S/C11H18N4O/c12-7-10-1-5-15(8-10)11(16)2-4-14-6-3-13-9-14/h3,6,9-10H,1-2,4-5,7-8,12H2. The molecular formula is C11H18N4O. The van der Waals surface area contributed by atoms with Gasteiger partial charge in [0, 0.05) is 38.4 Å². The predicted octanol–water partition coefficient (Wildman–Crippen LogP) is 0.0804. The Hall–Kier alpha value is -1.36. The third-order valence-corrected chi connectivity index (χ3v) is 3.11. The zero-order chi connectivity index (χ0) is 11.4. The van der Waals surface area contributed by atoms with Crippen molar-refractivity contribution in [1.82, 2.24) is 14.5 Å². The Morgan fingerprint density at radius 2 is 2.44 bits per heavy atom. The minimum atomic E-state index is 0.227. The van der Waals surface area contributed by atoms with Gasteiger partial charge in [0.2, 0.25) is 5.91 Å². The molecule has 1 aliphatic heterocycles. The van der Waals surface area contributed by atoms with Crippen LogP contribution in [-0.2, 0) is 11.3 Å². The maximum atomic E-state index is 11.9. The zero-order valence-electron chi connectivity index (χ0n) is 9.38. The Kier molecular flexibility index (Phi) is 3.56. The average Bonchev–Trinajstić information content (AvgIpc) is 2.96. The Bertz CT molecular complexity index is 336. The normalized spacial score (nSPS) is 20.3. The number of nitrogens with two attached hydrogens (primary N) is 1. The number of amides is 1. The van der Waals surface area contributed by atoms with Gasteiger partial charge in [0.1, 0.15) is 0 Å². The van der Waals surface area contributed by atoms with Crippen LogP contribution in [0.25, 0.3) is 0 Å². The van der Waals surface area contributed by atoms with Gasteiger partial charge in [-0.1, -0.05) is 0 Å². The molecule has 88 valence electrons. The van der Waals surface area contributed by atoms with E-state index in [1.807, 2.05) is 15.7 Å². The molecule has 0 saturated carbocycles. The number of rotatable bonds is 4. The Morgan fingerprint density at radius 3 is 3.06 bits per heavy atom. The van der Waals surface area contributed by atoms with Gasteiger partial charge < -0.3 is 15.2 Å². The largest absolute Gasteiger partial charge is 0.342 e. The number of carbonyl (C=O) groups excluding carboxylic acids is 1. The van der Waals surface area contributed by atoms with Crippen LogP contribution in [0.3, 0.4) is 0 Å². The SMILES string of the molecule is NCC1CCN(C(=O)CCn2ccnc2)C1. The number of carbonyl (C=O) groups is 1. The van der Waals surface area contributed by atoms with Gasteiger partial charge in [-0.3, -0.25) is 4.79 Å². The van der Waals surface area contributed by atoms with Crippen molar-refractivity contribution in [2.45, 2.75) is 19.4 Å². The highest BCUT2D eigenvalue weighted by Crippen LogP contribution is 2.15. The van der Waals surface area contributed by atoms with Crippen LogP contribution in [0.15, 0.2) is 18.7 Å². The fourth-order valence-corrected chi connectivity index (χ4v) is 2.05. The molecule has 1 fully saturated rings. The summed E-state index contributed by atoms with van der Waals surface area (Å²) >= 11 is 0. The summed E-state index contributed by atoms with van der Waals surface area (Å²) in [5.74, 6) is 0.724. The first-order valence-electron chi connectivity index (χ1n) is 5.73. The molecule has 1 aliphatic rings. The Morgan fingerprint density at radius 1 is 1.56 bits per heavy atom. The van der Waals surface area contributed by atoms with Gasteiger partial charge in [0.05, 0.1) is 6.33 Å². The third-order valence-electron chi connectivity index (χ3n) is 3.11. The van der Waals surface area contributed by atoms with Crippen molar-refractivity contribution in [1.29, 1.82) is 0 Å². The Balaban J connectivity index is 1.76. The number of hydrogen-bond acceptors (Lipinski definition) is 3. The summed E-state index contributed by atoms with van der Waals surface area (Å²) in [6.07, 6.45) is 6.94. The number of nitrogens with zero attached hydrogens (tertiary/aromatic N) is 3. The van der Waals surface area contributed by atoms with Crippen molar-refractivity contribution in [3.05, 3.63) is 18.7 Å². The predicted molar refractivity (Wildman–Crippen MR) is 60.6 cm³/mol. The molecule has 1 aromatic heterocycles. The van der Waals surface area contributed by atoms with E-state index in [-0.39, 0.29) is 5.91 Å². The first-order valence-corrected chi connectivity index (χ1v) is 5.73. The summed E-state index contributed by atoms with van der Waals surface area (Å²) in [6, 6.07) is 0. The fourth-order valence-electron chi connectivity index (χ4n) is 2.05. The molecule has 1 saturated heterocycles. The van der Waals surface area contributed by atoms with Gasteiger partial charge in [-0.05, 0) is 18.9 Å². The number of imidazole rings is 1. The molecular weight excluding hydrogens is 204 g/mol. The second-order valence-corrected chi connectivity index (χ2v) is 4.28. The second kappa shape index (κ2) is 5.12.